The van der Waals surface area contributed by atoms with Crippen LogP contribution in [-0.2, 0) is 6.54 Å². The van der Waals surface area contributed by atoms with E-state index in [1.165, 1.54) is 11.8 Å². The number of aryl methyl sites for hydroxylation is 2. The minimum Gasteiger partial charge on any atom is -0.497 e. The summed E-state index contributed by atoms with van der Waals surface area (Å²) >= 11 is 1.51. The number of rotatable bonds is 4. The first kappa shape index (κ1) is 13.8. The quantitative estimate of drug-likeness (QED) is 0.869. The van der Waals surface area contributed by atoms with Crippen molar-refractivity contribution in [2.45, 2.75) is 30.4 Å². The molecule has 0 aliphatic rings. The van der Waals surface area contributed by atoms with Gasteiger partial charge in [0.05, 0.1) is 7.11 Å². The fraction of sp³-hybridized carbons (Fsp3) is 0.286. The summed E-state index contributed by atoms with van der Waals surface area (Å²) < 4.78 is 5.24. The van der Waals surface area contributed by atoms with Crippen LogP contribution in [0.1, 0.15) is 17.0 Å². The normalized spacial score (nSPS) is 10.5. The maximum atomic E-state index is 5.76. The third kappa shape index (κ3) is 3.45. The fourth-order valence-electron chi connectivity index (χ4n) is 1.76. The minimum absolute atomic E-state index is 0.483. The highest BCUT2D eigenvalue weighted by Gasteiger charge is 2.08. The first-order chi connectivity index (χ1) is 9.12. The van der Waals surface area contributed by atoms with Crippen LogP contribution < -0.4 is 10.5 Å². The first-order valence-corrected chi connectivity index (χ1v) is 6.81. The van der Waals surface area contributed by atoms with Crippen LogP contribution in [-0.4, -0.2) is 17.1 Å². The molecule has 0 saturated heterocycles. The Morgan fingerprint density at radius 2 is 1.84 bits per heavy atom. The van der Waals surface area contributed by atoms with Crippen molar-refractivity contribution in [2.24, 2.45) is 5.73 Å². The number of hydrogen-bond donors (Lipinski definition) is 1. The van der Waals surface area contributed by atoms with Crippen molar-refractivity contribution in [1.29, 1.82) is 0 Å². The van der Waals surface area contributed by atoms with Gasteiger partial charge in [-0.1, -0.05) is 6.07 Å². The van der Waals surface area contributed by atoms with Gasteiger partial charge in [-0.05, 0) is 49.4 Å². The highest BCUT2D eigenvalue weighted by Crippen LogP contribution is 2.31. The molecule has 0 spiro atoms. The van der Waals surface area contributed by atoms with Crippen LogP contribution in [0.2, 0.25) is 0 Å². The summed E-state index contributed by atoms with van der Waals surface area (Å²) in [5.41, 5.74) is 8.75. The predicted molar refractivity (Wildman–Crippen MR) is 76.5 cm³/mol. The molecule has 5 heteroatoms. The SMILES string of the molecule is COc1ccc(CN)c(Sc2nc(C)cc(C)n2)c1. The number of methoxy groups -OCH3 is 1. The van der Waals surface area contributed by atoms with Gasteiger partial charge in [0.15, 0.2) is 5.16 Å². The van der Waals surface area contributed by atoms with Gasteiger partial charge in [0.1, 0.15) is 5.75 Å². The van der Waals surface area contributed by atoms with Gasteiger partial charge >= 0.3 is 0 Å². The summed E-state index contributed by atoms with van der Waals surface area (Å²) in [6.45, 7) is 4.42. The van der Waals surface area contributed by atoms with Gasteiger partial charge in [0, 0.05) is 22.8 Å². The molecule has 0 amide bonds. The molecule has 4 nitrogen and oxygen atoms in total. The Hall–Kier alpha value is -1.59. The summed E-state index contributed by atoms with van der Waals surface area (Å²) in [6.07, 6.45) is 0. The third-order valence-electron chi connectivity index (χ3n) is 2.66. The zero-order chi connectivity index (χ0) is 13.8. The van der Waals surface area contributed by atoms with Crippen molar-refractivity contribution < 1.29 is 4.74 Å². The smallest absolute Gasteiger partial charge is 0.192 e. The second kappa shape index (κ2) is 6.04. The van der Waals surface area contributed by atoms with E-state index < -0.39 is 0 Å². The second-order valence-corrected chi connectivity index (χ2v) is 5.22. The van der Waals surface area contributed by atoms with Gasteiger partial charge in [-0.15, -0.1) is 0 Å². The average Bonchev–Trinajstić information content (AvgIpc) is 2.37. The number of nitrogens with zero attached hydrogens (tertiary/aromatic N) is 2. The minimum atomic E-state index is 0.483. The molecular formula is C14H17N3OS. The highest BCUT2D eigenvalue weighted by molar-refractivity contribution is 7.99. The Morgan fingerprint density at radius 3 is 2.42 bits per heavy atom. The van der Waals surface area contributed by atoms with E-state index in [-0.39, 0.29) is 0 Å². The molecular weight excluding hydrogens is 258 g/mol. The second-order valence-electron chi connectivity index (χ2n) is 4.21. The van der Waals surface area contributed by atoms with E-state index in [4.69, 9.17) is 10.5 Å². The zero-order valence-corrected chi connectivity index (χ0v) is 12.1. The van der Waals surface area contributed by atoms with E-state index in [1.54, 1.807) is 7.11 Å². The molecule has 0 radical (unpaired) electrons. The molecule has 2 N–H and O–H groups in total. The summed E-state index contributed by atoms with van der Waals surface area (Å²) in [5, 5.41) is 0.737. The van der Waals surface area contributed by atoms with Crippen molar-refractivity contribution in [3.63, 3.8) is 0 Å². The van der Waals surface area contributed by atoms with E-state index in [1.807, 2.05) is 38.1 Å². The summed E-state index contributed by atoms with van der Waals surface area (Å²) in [5.74, 6) is 0.809. The fourth-order valence-corrected chi connectivity index (χ4v) is 2.80. The van der Waals surface area contributed by atoms with Gasteiger partial charge in [-0.2, -0.15) is 0 Å². The van der Waals surface area contributed by atoms with E-state index in [0.29, 0.717) is 6.54 Å². The number of nitrogens with two attached hydrogens (primary N) is 1. The number of benzene rings is 1. The standard InChI is InChI=1S/C14H17N3OS/c1-9-6-10(2)17-14(16-9)19-13-7-12(18-3)5-4-11(13)8-15/h4-7H,8,15H2,1-3H3. The molecule has 1 heterocycles. The van der Waals surface area contributed by atoms with Crippen LogP contribution in [0.15, 0.2) is 34.3 Å². The summed E-state index contributed by atoms with van der Waals surface area (Å²) in [6, 6.07) is 7.81. The first-order valence-electron chi connectivity index (χ1n) is 5.99. The molecule has 1 aromatic carbocycles. The van der Waals surface area contributed by atoms with Crippen LogP contribution in [0.4, 0.5) is 0 Å². The van der Waals surface area contributed by atoms with Crippen LogP contribution in [0.3, 0.4) is 0 Å². The molecule has 2 aromatic rings. The Balaban J connectivity index is 2.35. The molecule has 0 saturated carbocycles. The molecule has 100 valence electrons. The molecule has 2 rings (SSSR count). The maximum Gasteiger partial charge on any atom is 0.192 e. The summed E-state index contributed by atoms with van der Waals surface area (Å²) in [7, 11) is 1.65. The van der Waals surface area contributed by atoms with Crippen molar-refractivity contribution in [2.75, 3.05) is 7.11 Å². The average molecular weight is 275 g/mol. The molecule has 0 aliphatic heterocycles. The van der Waals surface area contributed by atoms with Gasteiger partial charge in [0.2, 0.25) is 0 Å². The monoisotopic (exact) mass is 275 g/mol. The van der Waals surface area contributed by atoms with Crippen LogP contribution >= 0.6 is 11.8 Å². The highest BCUT2D eigenvalue weighted by atomic mass is 32.2. The molecule has 19 heavy (non-hydrogen) atoms. The van der Waals surface area contributed by atoms with Crippen LogP contribution in [0.5, 0.6) is 5.75 Å². The van der Waals surface area contributed by atoms with E-state index >= 15 is 0 Å². The topological polar surface area (TPSA) is 61.0 Å². The van der Waals surface area contributed by atoms with Gasteiger partial charge in [-0.3, -0.25) is 0 Å². The maximum absolute atomic E-state index is 5.76. The molecule has 0 atom stereocenters. The zero-order valence-electron chi connectivity index (χ0n) is 11.3. The Bertz CT molecular complexity index is 567. The van der Waals surface area contributed by atoms with E-state index in [0.717, 1.165) is 32.8 Å². The van der Waals surface area contributed by atoms with Crippen LogP contribution in [0.25, 0.3) is 0 Å². The van der Waals surface area contributed by atoms with Crippen molar-refractivity contribution >= 4 is 11.8 Å². The molecule has 0 unspecified atom stereocenters. The number of hydrogen-bond acceptors (Lipinski definition) is 5. The lowest BCUT2D eigenvalue weighted by molar-refractivity contribution is 0.413. The van der Waals surface area contributed by atoms with Crippen molar-refractivity contribution in [3.8, 4) is 5.75 Å². The number of ether oxygens (including phenoxy) is 1. The van der Waals surface area contributed by atoms with E-state index in [9.17, 15) is 0 Å². The van der Waals surface area contributed by atoms with Gasteiger partial charge in [0.25, 0.3) is 0 Å². The number of aromatic nitrogens is 2. The Labute approximate surface area is 117 Å². The van der Waals surface area contributed by atoms with E-state index in [2.05, 4.69) is 9.97 Å². The molecule has 0 aliphatic carbocycles. The van der Waals surface area contributed by atoms with Gasteiger partial charge < -0.3 is 10.5 Å². The summed E-state index contributed by atoms with van der Waals surface area (Å²) in [4.78, 5) is 9.89. The predicted octanol–water partition coefficient (Wildman–Crippen LogP) is 2.71. The largest absolute Gasteiger partial charge is 0.497 e. The van der Waals surface area contributed by atoms with Gasteiger partial charge in [-0.25, -0.2) is 9.97 Å². The molecule has 0 fully saturated rings. The van der Waals surface area contributed by atoms with Crippen molar-refractivity contribution in [3.05, 3.63) is 41.2 Å². The molecule has 1 aromatic heterocycles. The molecule has 0 bridgehead atoms. The third-order valence-corrected chi connectivity index (χ3v) is 3.62. The van der Waals surface area contributed by atoms with Crippen molar-refractivity contribution in [1.82, 2.24) is 9.97 Å². The lowest BCUT2D eigenvalue weighted by atomic mass is 10.2. The van der Waals surface area contributed by atoms with Crippen LogP contribution in [0, 0.1) is 13.8 Å². The Morgan fingerprint density at radius 1 is 1.16 bits per heavy atom. The lowest BCUT2D eigenvalue weighted by Gasteiger charge is -2.09. The Kier molecular flexibility index (Phi) is 4.39. The lowest BCUT2D eigenvalue weighted by Crippen LogP contribution is -2.00.